The number of aryl methyl sites for hydroxylation is 3. The zero-order valence-electron chi connectivity index (χ0n) is 11.9. The zero-order chi connectivity index (χ0) is 14.0. The average Bonchev–Trinajstić information content (AvgIpc) is 2.71. The molecule has 4 heteroatoms. The lowest BCUT2D eigenvalue weighted by Crippen LogP contribution is -2.18. The number of hydrogen-bond acceptors (Lipinski definition) is 3. The van der Waals surface area contributed by atoms with Gasteiger partial charge in [-0.1, -0.05) is 0 Å². The van der Waals surface area contributed by atoms with Crippen LogP contribution in [-0.2, 0) is 6.54 Å². The predicted octanol–water partition coefficient (Wildman–Crippen LogP) is 3.25. The summed E-state index contributed by atoms with van der Waals surface area (Å²) in [4.78, 5) is 11.5. The lowest BCUT2D eigenvalue weighted by molar-refractivity contribution is 0.500. The molecule has 0 aliphatic carbocycles. The van der Waals surface area contributed by atoms with E-state index in [2.05, 4.69) is 12.2 Å². The summed E-state index contributed by atoms with van der Waals surface area (Å²) in [6.07, 6.45) is 1.85. The number of aromatic nitrogens is 1. The Labute approximate surface area is 113 Å². The van der Waals surface area contributed by atoms with Crippen LogP contribution in [0.4, 0.5) is 5.69 Å². The Hall–Kier alpha value is -1.97. The molecular formula is C15H20N2O2. The van der Waals surface area contributed by atoms with Crippen molar-refractivity contribution in [2.45, 2.75) is 40.3 Å². The van der Waals surface area contributed by atoms with Crippen LogP contribution in [0.15, 0.2) is 33.6 Å². The number of hydrogen-bond donors (Lipinski definition) is 1. The number of nitrogens with zero attached hydrogens (tertiary/aromatic N) is 1. The first-order valence-electron chi connectivity index (χ1n) is 6.55. The maximum Gasteiger partial charge on any atom is 0.250 e. The van der Waals surface area contributed by atoms with E-state index in [1.165, 1.54) is 0 Å². The number of furan rings is 1. The Kier molecular flexibility index (Phi) is 3.79. The van der Waals surface area contributed by atoms with Gasteiger partial charge in [-0.3, -0.25) is 4.79 Å². The van der Waals surface area contributed by atoms with Crippen molar-refractivity contribution >= 4 is 5.69 Å². The zero-order valence-corrected chi connectivity index (χ0v) is 11.9. The van der Waals surface area contributed by atoms with E-state index in [0.29, 0.717) is 6.54 Å². The highest BCUT2D eigenvalue weighted by atomic mass is 16.3. The van der Waals surface area contributed by atoms with Gasteiger partial charge in [-0.15, -0.1) is 0 Å². The van der Waals surface area contributed by atoms with E-state index >= 15 is 0 Å². The monoisotopic (exact) mass is 260 g/mol. The van der Waals surface area contributed by atoms with Gasteiger partial charge in [0.2, 0.25) is 0 Å². The van der Waals surface area contributed by atoms with Crippen molar-refractivity contribution in [3.05, 3.63) is 51.8 Å². The Morgan fingerprint density at radius 3 is 2.68 bits per heavy atom. The summed E-state index contributed by atoms with van der Waals surface area (Å²) in [5, 5.41) is 3.39. The highest BCUT2D eigenvalue weighted by Gasteiger charge is 2.12. The fourth-order valence-electron chi connectivity index (χ4n) is 2.27. The molecule has 0 saturated carbocycles. The molecule has 0 aromatic carbocycles. The van der Waals surface area contributed by atoms with Crippen LogP contribution in [0.1, 0.15) is 37.0 Å². The third-order valence-electron chi connectivity index (χ3n) is 3.25. The number of anilines is 1. The molecule has 0 radical (unpaired) electrons. The van der Waals surface area contributed by atoms with Gasteiger partial charge < -0.3 is 14.3 Å². The molecule has 0 amide bonds. The summed E-state index contributed by atoms with van der Waals surface area (Å²) < 4.78 is 7.23. The van der Waals surface area contributed by atoms with Gasteiger partial charge in [0.05, 0.1) is 11.7 Å². The second-order valence-corrected chi connectivity index (χ2v) is 4.78. The van der Waals surface area contributed by atoms with Crippen molar-refractivity contribution in [3.8, 4) is 0 Å². The molecule has 0 spiro atoms. The summed E-state index contributed by atoms with van der Waals surface area (Å²) in [6, 6.07) is 5.59. The normalized spacial score (nSPS) is 12.4. The van der Waals surface area contributed by atoms with Crippen molar-refractivity contribution in [1.29, 1.82) is 0 Å². The van der Waals surface area contributed by atoms with Gasteiger partial charge in [-0.25, -0.2) is 0 Å². The van der Waals surface area contributed by atoms with Crippen LogP contribution in [0.5, 0.6) is 0 Å². The SMILES string of the molecule is CCn1cc(NC(C)c2cc(C)oc2C)ccc1=O. The Balaban J connectivity index is 2.21. The average molecular weight is 260 g/mol. The molecule has 0 aliphatic rings. The van der Waals surface area contributed by atoms with Gasteiger partial charge in [0.15, 0.2) is 0 Å². The first-order chi connectivity index (χ1) is 9.01. The van der Waals surface area contributed by atoms with Crippen LogP contribution >= 0.6 is 0 Å². The Morgan fingerprint density at radius 2 is 2.11 bits per heavy atom. The highest BCUT2D eigenvalue weighted by Crippen LogP contribution is 2.24. The van der Waals surface area contributed by atoms with Crippen molar-refractivity contribution in [2.75, 3.05) is 5.32 Å². The molecule has 102 valence electrons. The summed E-state index contributed by atoms with van der Waals surface area (Å²) in [7, 11) is 0. The largest absolute Gasteiger partial charge is 0.466 e. The molecule has 0 aliphatic heterocycles. The summed E-state index contributed by atoms with van der Waals surface area (Å²) in [5.74, 6) is 1.85. The molecule has 2 rings (SSSR count). The predicted molar refractivity (Wildman–Crippen MR) is 76.6 cm³/mol. The first-order valence-corrected chi connectivity index (χ1v) is 6.55. The molecule has 0 fully saturated rings. The summed E-state index contributed by atoms with van der Waals surface area (Å²) in [5.41, 5.74) is 2.11. The fraction of sp³-hybridized carbons (Fsp3) is 0.400. The van der Waals surface area contributed by atoms with Crippen molar-refractivity contribution in [2.24, 2.45) is 0 Å². The van der Waals surface area contributed by atoms with E-state index in [1.807, 2.05) is 39.1 Å². The minimum Gasteiger partial charge on any atom is -0.466 e. The lowest BCUT2D eigenvalue weighted by Gasteiger charge is -2.15. The molecule has 2 heterocycles. The van der Waals surface area contributed by atoms with Gasteiger partial charge in [-0.05, 0) is 39.8 Å². The Morgan fingerprint density at radius 1 is 1.37 bits per heavy atom. The third kappa shape index (κ3) is 2.89. The van der Waals surface area contributed by atoms with Crippen LogP contribution < -0.4 is 10.9 Å². The minimum absolute atomic E-state index is 0.0241. The van der Waals surface area contributed by atoms with Gasteiger partial charge in [-0.2, -0.15) is 0 Å². The summed E-state index contributed by atoms with van der Waals surface area (Å²) >= 11 is 0. The van der Waals surface area contributed by atoms with Crippen molar-refractivity contribution in [1.82, 2.24) is 4.57 Å². The van der Waals surface area contributed by atoms with Crippen LogP contribution in [0.2, 0.25) is 0 Å². The van der Waals surface area contributed by atoms with Gasteiger partial charge >= 0.3 is 0 Å². The van der Waals surface area contributed by atoms with E-state index in [0.717, 1.165) is 22.8 Å². The number of pyridine rings is 1. The number of nitrogens with one attached hydrogen (secondary N) is 1. The molecule has 0 bridgehead atoms. The second-order valence-electron chi connectivity index (χ2n) is 4.78. The second kappa shape index (κ2) is 5.34. The van der Waals surface area contributed by atoms with E-state index in [-0.39, 0.29) is 11.6 Å². The van der Waals surface area contributed by atoms with E-state index in [4.69, 9.17) is 4.42 Å². The quantitative estimate of drug-likeness (QED) is 0.918. The molecule has 2 aromatic rings. The molecule has 2 aromatic heterocycles. The minimum atomic E-state index is 0.0241. The van der Waals surface area contributed by atoms with E-state index in [9.17, 15) is 4.79 Å². The Bertz CT molecular complexity index is 625. The molecule has 1 N–H and O–H groups in total. The van der Waals surface area contributed by atoms with E-state index < -0.39 is 0 Å². The lowest BCUT2D eigenvalue weighted by atomic mass is 10.1. The third-order valence-corrected chi connectivity index (χ3v) is 3.25. The first kappa shape index (κ1) is 13.5. The topological polar surface area (TPSA) is 47.2 Å². The molecule has 1 atom stereocenters. The molecule has 0 saturated heterocycles. The van der Waals surface area contributed by atoms with Gasteiger partial charge in [0.25, 0.3) is 5.56 Å². The fourth-order valence-corrected chi connectivity index (χ4v) is 2.27. The highest BCUT2D eigenvalue weighted by molar-refractivity contribution is 5.43. The van der Waals surface area contributed by atoms with Crippen molar-refractivity contribution in [3.63, 3.8) is 0 Å². The molecular weight excluding hydrogens is 240 g/mol. The van der Waals surface area contributed by atoms with Gasteiger partial charge in [0.1, 0.15) is 11.5 Å². The maximum atomic E-state index is 11.5. The van der Waals surface area contributed by atoms with Crippen LogP contribution in [0.3, 0.4) is 0 Å². The van der Waals surface area contributed by atoms with E-state index in [1.54, 1.807) is 10.6 Å². The summed E-state index contributed by atoms with van der Waals surface area (Å²) in [6.45, 7) is 8.62. The number of rotatable bonds is 4. The molecule has 19 heavy (non-hydrogen) atoms. The van der Waals surface area contributed by atoms with Crippen LogP contribution in [0.25, 0.3) is 0 Å². The van der Waals surface area contributed by atoms with Crippen LogP contribution in [-0.4, -0.2) is 4.57 Å². The smallest absolute Gasteiger partial charge is 0.250 e. The van der Waals surface area contributed by atoms with Crippen LogP contribution in [0, 0.1) is 13.8 Å². The van der Waals surface area contributed by atoms with Gasteiger partial charge in [0, 0.05) is 24.4 Å². The maximum absolute atomic E-state index is 11.5. The molecule has 4 nitrogen and oxygen atoms in total. The standard InChI is InChI=1S/C15H20N2O2/c1-5-17-9-13(6-7-15(17)18)16-11(3)14-8-10(2)19-12(14)4/h6-9,11,16H,5H2,1-4H3. The molecule has 1 unspecified atom stereocenters. The van der Waals surface area contributed by atoms with Crippen molar-refractivity contribution < 1.29 is 4.42 Å².